The maximum atomic E-state index is 4.77. The first-order chi connectivity index (χ1) is 9.91. The minimum absolute atomic E-state index is 0.0728. The van der Waals surface area contributed by atoms with E-state index in [0.717, 1.165) is 30.4 Å². The molecule has 0 radical (unpaired) electrons. The Balaban J connectivity index is 2.24. The summed E-state index contributed by atoms with van der Waals surface area (Å²) in [5.74, 6) is 3.24. The Hall–Kier alpha value is -1.37. The van der Waals surface area contributed by atoms with Crippen LogP contribution in [0.25, 0.3) is 0 Å². The molecular formula is C14H24N6S. The molecule has 0 fully saturated rings. The molecule has 21 heavy (non-hydrogen) atoms. The predicted molar refractivity (Wildman–Crippen MR) is 85.5 cm³/mol. The van der Waals surface area contributed by atoms with Crippen LogP contribution in [0.2, 0.25) is 0 Å². The summed E-state index contributed by atoms with van der Waals surface area (Å²) in [6.07, 6.45) is 6.32. The summed E-state index contributed by atoms with van der Waals surface area (Å²) in [6.45, 7) is 9.40. The molecular weight excluding hydrogens is 284 g/mol. The molecule has 0 aliphatic rings. The zero-order chi connectivity index (χ0) is 15.5. The van der Waals surface area contributed by atoms with Gasteiger partial charge in [-0.3, -0.25) is 4.68 Å². The molecule has 116 valence electrons. The zero-order valence-corrected chi connectivity index (χ0v) is 14.3. The highest BCUT2D eigenvalue weighted by atomic mass is 32.2. The SMILES string of the molecule is CSCCc1nc([C@@H](C)Cn2cncn2)n(C(C)(C)C)n1. The highest BCUT2D eigenvalue weighted by Crippen LogP contribution is 2.22. The van der Waals surface area contributed by atoms with Crippen LogP contribution in [0.1, 0.15) is 45.3 Å². The number of thioether (sulfide) groups is 1. The van der Waals surface area contributed by atoms with Crippen LogP contribution in [0.5, 0.6) is 0 Å². The van der Waals surface area contributed by atoms with E-state index in [9.17, 15) is 0 Å². The summed E-state index contributed by atoms with van der Waals surface area (Å²) in [5, 5.41) is 8.89. The van der Waals surface area contributed by atoms with Crippen molar-refractivity contribution in [3.05, 3.63) is 24.3 Å². The summed E-state index contributed by atoms with van der Waals surface area (Å²) < 4.78 is 3.90. The van der Waals surface area contributed by atoms with Gasteiger partial charge < -0.3 is 0 Å². The van der Waals surface area contributed by atoms with Gasteiger partial charge in [0.1, 0.15) is 18.5 Å². The van der Waals surface area contributed by atoms with Crippen LogP contribution in [0.15, 0.2) is 12.7 Å². The van der Waals surface area contributed by atoms with E-state index in [1.807, 2.05) is 16.4 Å². The van der Waals surface area contributed by atoms with E-state index in [-0.39, 0.29) is 11.5 Å². The second-order valence-corrected chi connectivity index (χ2v) is 7.22. The van der Waals surface area contributed by atoms with E-state index in [2.05, 4.69) is 48.7 Å². The Bertz CT molecular complexity index is 555. The lowest BCUT2D eigenvalue weighted by atomic mass is 10.1. The van der Waals surface area contributed by atoms with Gasteiger partial charge in [0.15, 0.2) is 5.82 Å². The van der Waals surface area contributed by atoms with Crippen molar-refractivity contribution in [2.45, 2.75) is 52.1 Å². The van der Waals surface area contributed by atoms with Crippen LogP contribution in [-0.2, 0) is 18.5 Å². The lowest BCUT2D eigenvalue weighted by Crippen LogP contribution is -2.27. The van der Waals surface area contributed by atoms with Crippen molar-refractivity contribution >= 4 is 11.8 Å². The number of hydrogen-bond donors (Lipinski definition) is 0. The summed E-state index contributed by atoms with van der Waals surface area (Å²) in [7, 11) is 0. The fraction of sp³-hybridized carbons (Fsp3) is 0.714. The number of aromatic nitrogens is 6. The molecule has 6 nitrogen and oxygen atoms in total. The fourth-order valence-electron chi connectivity index (χ4n) is 2.17. The molecule has 0 N–H and O–H groups in total. The molecule has 0 aliphatic heterocycles. The summed E-state index contributed by atoms with van der Waals surface area (Å²) in [5.41, 5.74) is -0.0728. The predicted octanol–water partition coefficient (Wildman–Crippen LogP) is 2.33. The molecule has 0 aliphatic carbocycles. The molecule has 7 heteroatoms. The molecule has 2 heterocycles. The van der Waals surface area contributed by atoms with Crippen molar-refractivity contribution in [1.82, 2.24) is 29.5 Å². The molecule has 0 aromatic carbocycles. The van der Waals surface area contributed by atoms with Gasteiger partial charge >= 0.3 is 0 Å². The molecule has 1 atom stereocenters. The first-order valence-corrected chi connectivity index (χ1v) is 8.59. The Kier molecular flexibility index (Phi) is 5.03. The average Bonchev–Trinajstić information content (AvgIpc) is 3.04. The molecule has 0 spiro atoms. The van der Waals surface area contributed by atoms with E-state index in [1.165, 1.54) is 0 Å². The first kappa shape index (κ1) is 16.0. The molecule has 0 bridgehead atoms. The number of nitrogens with zero attached hydrogens (tertiary/aromatic N) is 6. The van der Waals surface area contributed by atoms with E-state index >= 15 is 0 Å². The van der Waals surface area contributed by atoms with Crippen LogP contribution in [0.4, 0.5) is 0 Å². The van der Waals surface area contributed by atoms with Gasteiger partial charge in [-0.05, 0) is 27.0 Å². The minimum atomic E-state index is -0.0728. The number of aryl methyl sites for hydroxylation is 1. The molecule has 2 aromatic heterocycles. The van der Waals surface area contributed by atoms with Gasteiger partial charge in [-0.1, -0.05) is 6.92 Å². The summed E-state index contributed by atoms with van der Waals surface area (Å²) in [6, 6.07) is 0. The van der Waals surface area contributed by atoms with E-state index in [4.69, 9.17) is 10.1 Å². The van der Waals surface area contributed by atoms with Crippen molar-refractivity contribution in [1.29, 1.82) is 0 Å². The van der Waals surface area contributed by atoms with Crippen molar-refractivity contribution in [2.75, 3.05) is 12.0 Å². The molecule has 0 saturated carbocycles. The lowest BCUT2D eigenvalue weighted by Gasteiger charge is -2.23. The van der Waals surface area contributed by atoms with Gasteiger partial charge in [0.25, 0.3) is 0 Å². The van der Waals surface area contributed by atoms with Gasteiger partial charge in [-0.2, -0.15) is 22.0 Å². The number of rotatable bonds is 6. The molecule has 0 unspecified atom stereocenters. The van der Waals surface area contributed by atoms with Crippen molar-refractivity contribution in [2.24, 2.45) is 0 Å². The molecule has 2 aromatic rings. The Morgan fingerprint density at radius 1 is 1.33 bits per heavy atom. The normalized spacial score (nSPS) is 13.6. The van der Waals surface area contributed by atoms with Gasteiger partial charge in [0.05, 0.1) is 12.1 Å². The zero-order valence-electron chi connectivity index (χ0n) is 13.4. The summed E-state index contributed by atoms with van der Waals surface area (Å²) >= 11 is 1.82. The summed E-state index contributed by atoms with van der Waals surface area (Å²) in [4.78, 5) is 8.76. The van der Waals surface area contributed by atoms with Crippen molar-refractivity contribution in [3.8, 4) is 0 Å². The molecule has 2 rings (SSSR count). The van der Waals surface area contributed by atoms with Crippen LogP contribution < -0.4 is 0 Å². The Morgan fingerprint density at radius 2 is 2.10 bits per heavy atom. The van der Waals surface area contributed by atoms with Gasteiger partial charge in [0, 0.05) is 18.1 Å². The third-order valence-corrected chi connectivity index (χ3v) is 3.82. The van der Waals surface area contributed by atoms with Gasteiger partial charge in [-0.25, -0.2) is 14.6 Å². The van der Waals surface area contributed by atoms with Crippen molar-refractivity contribution in [3.63, 3.8) is 0 Å². The van der Waals surface area contributed by atoms with Crippen LogP contribution in [-0.4, -0.2) is 41.5 Å². The third kappa shape index (κ3) is 4.06. The second kappa shape index (κ2) is 6.60. The fourth-order valence-corrected chi connectivity index (χ4v) is 2.56. The highest BCUT2D eigenvalue weighted by molar-refractivity contribution is 7.98. The second-order valence-electron chi connectivity index (χ2n) is 6.23. The third-order valence-electron chi connectivity index (χ3n) is 3.21. The van der Waals surface area contributed by atoms with E-state index in [0.29, 0.717) is 0 Å². The molecule has 0 amide bonds. The smallest absolute Gasteiger partial charge is 0.151 e. The van der Waals surface area contributed by atoms with Crippen molar-refractivity contribution < 1.29 is 0 Å². The van der Waals surface area contributed by atoms with Gasteiger partial charge in [-0.15, -0.1) is 0 Å². The quantitative estimate of drug-likeness (QED) is 0.819. The number of hydrogen-bond acceptors (Lipinski definition) is 5. The largest absolute Gasteiger partial charge is 0.252 e. The maximum absolute atomic E-state index is 4.77. The Labute approximate surface area is 130 Å². The monoisotopic (exact) mass is 308 g/mol. The van der Waals surface area contributed by atoms with E-state index < -0.39 is 0 Å². The average molecular weight is 308 g/mol. The molecule has 0 saturated heterocycles. The van der Waals surface area contributed by atoms with Crippen LogP contribution >= 0.6 is 11.8 Å². The topological polar surface area (TPSA) is 61.4 Å². The van der Waals surface area contributed by atoms with E-state index in [1.54, 1.807) is 12.7 Å². The lowest BCUT2D eigenvalue weighted by molar-refractivity contribution is 0.327. The van der Waals surface area contributed by atoms with Crippen LogP contribution in [0, 0.1) is 0 Å². The minimum Gasteiger partial charge on any atom is -0.252 e. The first-order valence-electron chi connectivity index (χ1n) is 7.19. The maximum Gasteiger partial charge on any atom is 0.151 e. The van der Waals surface area contributed by atoms with Gasteiger partial charge in [0.2, 0.25) is 0 Å². The Morgan fingerprint density at radius 3 is 2.67 bits per heavy atom. The standard InChI is InChI=1S/C14H24N6S/c1-11(8-19-10-15-9-16-19)13-17-12(6-7-21-5)18-20(13)14(2,3)4/h9-11H,6-8H2,1-5H3/t11-/m0/s1. The van der Waals surface area contributed by atoms with Crippen LogP contribution in [0.3, 0.4) is 0 Å². The highest BCUT2D eigenvalue weighted by Gasteiger charge is 2.24.